The number of hydrogen-bond donors (Lipinski definition) is 1. The van der Waals surface area contributed by atoms with Crippen LogP contribution in [-0.2, 0) is 0 Å². The monoisotopic (exact) mass is 313 g/mol. The molecule has 0 radical (unpaired) electrons. The Morgan fingerprint density at radius 3 is 2.19 bits per heavy atom. The molecule has 1 heterocycles. The molecule has 2 rings (SSSR count). The molecule has 1 fully saturated rings. The number of hydrogen-bond acceptors (Lipinski definition) is 3. The second-order valence-electron chi connectivity index (χ2n) is 5.43. The van der Waals surface area contributed by atoms with Crippen LogP contribution in [0.2, 0.25) is 0 Å². The molecule has 1 aromatic carbocycles. The standard InChI is InChI=1S/C15H21F2N3S/c1-3-10(2)19-4-6-20(7-5-19)14-12(16)8-11(15(18)21)9-13(14)17/h8-10H,3-7H2,1-2H3,(H2,18,21). The van der Waals surface area contributed by atoms with Crippen molar-refractivity contribution in [3.8, 4) is 0 Å². The molecule has 1 aromatic rings. The van der Waals surface area contributed by atoms with Crippen LogP contribution in [0.25, 0.3) is 0 Å². The van der Waals surface area contributed by atoms with Crippen LogP contribution in [0.5, 0.6) is 0 Å². The lowest BCUT2D eigenvalue weighted by atomic mass is 10.1. The van der Waals surface area contributed by atoms with Gasteiger partial charge in [-0.3, -0.25) is 4.90 Å². The van der Waals surface area contributed by atoms with E-state index < -0.39 is 11.6 Å². The molecule has 0 spiro atoms. The van der Waals surface area contributed by atoms with E-state index in [1.54, 1.807) is 4.90 Å². The zero-order chi connectivity index (χ0) is 15.6. The molecular weight excluding hydrogens is 292 g/mol. The third-order valence-electron chi connectivity index (χ3n) is 4.15. The van der Waals surface area contributed by atoms with Crippen molar-refractivity contribution in [3.05, 3.63) is 29.3 Å². The fourth-order valence-corrected chi connectivity index (χ4v) is 2.77. The van der Waals surface area contributed by atoms with Crippen LogP contribution in [-0.4, -0.2) is 42.1 Å². The van der Waals surface area contributed by atoms with E-state index in [4.69, 9.17) is 18.0 Å². The highest BCUT2D eigenvalue weighted by atomic mass is 32.1. The van der Waals surface area contributed by atoms with Gasteiger partial charge in [0.2, 0.25) is 0 Å². The summed E-state index contributed by atoms with van der Waals surface area (Å²) in [4.78, 5) is 4.10. The van der Waals surface area contributed by atoms with Gasteiger partial charge in [0.05, 0.1) is 0 Å². The van der Waals surface area contributed by atoms with E-state index in [9.17, 15) is 8.78 Å². The fourth-order valence-electron chi connectivity index (χ4n) is 2.65. The number of thiocarbonyl (C=S) groups is 1. The van der Waals surface area contributed by atoms with Gasteiger partial charge >= 0.3 is 0 Å². The molecule has 1 aliphatic heterocycles. The number of nitrogens with two attached hydrogens (primary N) is 1. The molecule has 0 bridgehead atoms. The molecule has 3 nitrogen and oxygen atoms in total. The summed E-state index contributed by atoms with van der Waals surface area (Å²) < 4.78 is 28.3. The number of piperazine rings is 1. The highest BCUT2D eigenvalue weighted by Gasteiger charge is 2.24. The first-order chi connectivity index (χ1) is 9.93. The van der Waals surface area contributed by atoms with Gasteiger partial charge < -0.3 is 10.6 Å². The van der Waals surface area contributed by atoms with Crippen molar-refractivity contribution in [2.45, 2.75) is 26.3 Å². The molecule has 2 N–H and O–H groups in total. The summed E-state index contributed by atoms with van der Waals surface area (Å²) in [5, 5.41) is 0. The Labute approximate surface area is 129 Å². The smallest absolute Gasteiger partial charge is 0.150 e. The van der Waals surface area contributed by atoms with E-state index in [2.05, 4.69) is 18.7 Å². The lowest BCUT2D eigenvalue weighted by Gasteiger charge is -2.39. The van der Waals surface area contributed by atoms with Crippen molar-refractivity contribution in [2.75, 3.05) is 31.1 Å². The third kappa shape index (κ3) is 3.49. The van der Waals surface area contributed by atoms with Crippen LogP contribution < -0.4 is 10.6 Å². The number of nitrogens with zero attached hydrogens (tertiary/aromatic N) is 2. The van der Waals surface area contributed by atoms with Crippen LogP contribution in [0.1, 0.15) is 25.8 Å². The lowest BCUT2D eigenvalue weighted by molar-refractivity contribution is 0.192. The molecule has 1 aliphatic rings. The maximum atomic E-state index is 14.2. The van der Waals surface area contributed by atoms with Gasteiger partial charge in [-0.1, -0.05) is 19.1 Å². The van der Waals surface area contributed by atoms with E-state index in [1.165, 1.54) is 12.1 Å². The van der Waals surface area contributed by atoms with Gasteiger partial charge in [0.25, 0.3) is 0 Å². The Kier molecular flexibility index (Phi) is 5.11. The minimum atomic E-state index is -0.602. The first-order valence-corrected chi connectivity index (χ1v) is 7.62. The van der Waals surface area contributed by atoms with Crippen molar-refractivity contribution >= 4 is 22.9 Å². The Bertz CT molecular complexity index is 505. The first kappa shape index (κ1) is 16.1. The molecule has 21 heavy (non-hydrogen) atoms. The maximum Gasteiger partial charge on any atom is 0.150 e. The molecular formula is C15H21F2N3S. The van der Waals surface area contributed by atoms with Crippen LogP contribution in [0.3, 0.4) is 0 Å². The fraction of sp³-hybridized carbons (Fsp3) is 0.533. The minimum absolute atomic E-state index is 0.000870. The molecule has 0 amide bonds. The van der Waals surface area contributed by atoms with Crippen molar-refractivity contribution in [1.29, 1.82) is 0 Å². The lowest BCUT2D eigenvalue weighted by Crippen LogP contribution is -2.50. The van der Waals surface area contributed by atoms with Gasteiger partial charge in [-0.15, -0.1) is 0 Å². The summed E-state index contributed by atoms with van der Waals surface area (Å²) in [6.07, 6.45) is 1.07. The van der Waals surface area contributed by atoms with Crippen molar-refractivity contribution in [1.82, 2.24) is 4.90 Å². The summed E-state index contributed by atoms with van der Waals surface area (Å²) in [6, 6.07) is 2.92. The number of benzene rings is 1. The van der Waals surface area contributed by atoms with Crippen molar-refractivity contribution in [3.63, 3.8) is 0 Å². The van der Waals surface area contributed by atoms with Gasteiger partial charge in [0.1, 0.15) is 22.3 Å². The van der Waals surface area contributed by atoms with Crippen LogP contribution in [0, 0.1) is 11.6 Å². The molecule has 116 valence electrons. The predicted molar refractivity (Wildman–Crippen MR) is 85.8 cm³/mol. The number of rotatable bonds is 4. The zero-order valence-electron chi connectivity index (χ0n) is 12.4. The largest absolute Gasteiger partial charge is 0.389 e. The summed E-state index contributed by atoms with van der Waals surface area (Å²) in [6.45, 7) is 7.17. The quantitative estimate of drug-likeness (QED) is 0.866. The Hall–Kier alpha value is -1.27. The Morgan fingerprint density at radius 1 is 1.24 bits per heavy atom. The third-order valence-corrected chi connectivity index (χ3v) is 4.38. The van der Waals surface area contributed by atoms with Gasteiger partial charge in [0.15, 0.2) is 0 Å². The van der Waals surface area contributed by atoms with Gasteiger partial charge in [-0.2, -0.15) is 0 Å². The topological polar surface area (TPSA) is 32.5 Å². The van der Waals surface area contributed by atoms with Crippen molar-refractivity contribution < 1.29 is 8.78 Å². The molecule has 0 saturated carbocycles. The normalized spacial score (nSPS) is 17.8. The van der Waals surface area contributed by atoms with E-state index in [-0.39, 0.29) is 16.2 Å². The van der Waals surface area contributed by atoms with Crippen LogP contribution in [0.15, 0.2) is 12.1 Å². The first-order valence-electron chi connectivity index (χ1n) is 7.21. The molecule has 0 aliphatic carbocycles. The summed E-state index contributed by atoms with van der Waals surface area (Å²) in [5.74, 6) is -1.20. The van der Waals surface area contributed by atoms with Crippen LogP contribution >= 0.6 is 12.2 Å². The molecule has 1 saturated heterocycles. The van der Waals surface area contributed by atoms with Gasteiger partial charge in [-0.25, -0.2) is 8.78 Å². The molecule has 0 aromatic heterocycles. The predicted octanol–water partition coefficient (Wildman–Crippen LogP) is 2.52. The van der Waals surface area contributed by atoms with E-state index in [0.717, 1.165) is 19.5 Å². The zero-order valence-corrected chi connectivity index (χ0v) is 13.2. The number of anilines is 1. The maximum absolute atomic E-state index is 14.2. The van der Waals surface area contributed by atoms with Gasteiger partial charge in [-0.05, 0) is 25.5 Å². The highest BCUT2D eigenvalue weighted by molar-refractivity contribution is 7.80. The Balaban J connectivity index is 2.15. The number of halogens is 2. The second-order valence-corrected chi connectivity index (χ2v) is 5.87. The summed E-state index contributed by atoms with van der Waals surface area (Å²) in [5.41, 5.74) is 5.68. The average molecular weight is 313 g/mol. The van der Waals surface area contributed by atoms with Crippen LogP contribution in [0.4, 0.5) is 14.5 Å². The van der Waals surface area contributed by atoms with Crippen molar-refractivity contribution in [2.24, 2.45) is 5.73 Å². The second kappa shape index (κ2) is 6.66. The van der Waals surface area contributed by atoms with E-state index in [1.807, 2.05) is 0 Å². The molecule has 6 heteroatoms. The Morgan fingerprint density at radius 2 is 1.76 bits per heavy atom. The summed E-state index contributed by atoms with van der Waals surface area (Å²) in [7, 11) is 0. The van der Waals surface area contributed by atoms with Gasteiger partial charge in [0, 0.05) is 37.8 Å². The summed E-state index contributed by atoms with van der Waals surface area (Å²) >= 11 is 4.76. The SMILES string of the molecule is CCC(C)N1CCN(c2c(F)cc(C(N)=S)cc2F)CC1. The minimum Gasteiger partial charge on any atom is -0.389 e. The average Bonchev–Trinajstić information content (AvgIpc) is 2.46. The highest BCUT2D eigenvalue weighted by Crippen LogP contribution is 2.26. The molecule has 1 atom stereocenters. The van der Waals surface area contributed by atoms with E-state index >= 15 is 0 Å². The van der Waals surface area contributed by atoms with E-state index in [0.29, 0.717) is 19.1 Å². The molecule has 1 unspecified atom stereocenters.